The predicted molar refractivity (Wildman–Crippen MR) is 97.5 cm³/mol. The monoisotopic (exact) mass is 327 g/mol. The van der Waals surface area contributed by atoms with Crippen LogP contribution in [0.3, 0.4) is 0 Å². The van der Waals surface area contributed by atoms with E-state index in [9.17, 15) is 4.79 Å². The summed E-state index contributed by atoms with van der Waals surface area (Å²) in [6.45, 7) is 0. The molecule has 0 fully saturated rings. The zero-order valence-electron chi connectivity index (χ0n) is 13.6. The number of benzene rings is 3. The Labute approximate surface area is 145 Å². The van der Waals surface area contributed by atoms with Gasteiger partial charge in [-0.05, 0) is 17.7 Å². The van der Waals surface area contributed by atoms with Gasteiger partial charge in [0.15, 0.2) is 5.78 Å². The minimum atomic E-state index is -0.433. The topological polar surface area (TPSA) is 47.8 Å². The van der Waals surface area contributed by atoms with Gasteiger partial charge in [0, 0.05) is 12.0 Å². The summed E-state index contributed by atoms with van der Waals surface area (Å²) >= 11 is 0. The molecule has 4 nitrogen and oxygen atoms in total. The Morgan fingerprint density at radius 3 is 2.24 bits per heavy atom. The number of aromatic nitrogens is 3. The zero-order valence-corrected chi connectivity index (χ0v) is 13.6. The van der Waals surface area contributed by atoms with Gasteiger partial charge in [-0.2, -0.15) is 0 Å². The van der Waals surface area contributed by atoms with Crippen molar-refractivity contribution in [1.82, 2.24) is 15.0 Å². The lowest BCUT2D eigenvalue weighted by Crippen LogP contribution is -2.23. The van der Waals surface area contributed by atoms with Crippen LogP contribution >= 0.6 is 0 Å². The number of nitrogens with zero attached hydrogens (tertiary/aromatic N) is 3. The molecule has 0 aliphatic heterocycles. The highest BCUT2D eigenvalue weighted by atomic mass is 16.1. The van der Waals surface area contributed by atoms with Gasteiger partial charge in [0.2, 0.25) is 0 Å². The molecule has 0 radical (unpaired) electrons. The largest absolute Gasteiger partial charge is 0.292 e. The second kappa shape index (κ2) is 6.69. The van der Waals surface area contributed by atoms with Gasteiger partial charge in [-0.1, -0.05) is 78.0 Å². The van der Waals surface area contributed by atoms with Gasteiger partial charge in [0.1, 0.15) is 11.6 Å². The van der Waals surface area contributed by atoms with E-state index in [4.69, 9.17) is 0 Å². The lowest BCUT2D eigenvalue weighted by molar-refractivity contribution is 0.0918. The van der Waals surface area contributed by atoms with Crippen molar-refractivity contribution in [3.63, 3.8) is 0 Å². The van der Waals surface area contributed by atoms with Gasteiger partial charge in [-0.15, -0.1) is 5.10 Å². The van der Waals surface area contributed by atoms with E-state index in [1.54, 1.807) is 4.68 Å². The first-order valence-corrected chi connectivity index (χ1v) is 8.26. The second-order valence-corrected chi connectivity index (χ2v) is 5.96. The number of ketones is 1. The van der Waals surface area contributed by atoms with E-state index in [2.05, 4.69) is 10.3 Å². The van der Waals surface area contributed by atoms with Crippen molar-refractivity contribution in [2.75, 3.05) is 0 Å². The Bertz CT molecular complexity index is 993. The molecule has 0 spiro atoms. The van der Waals surface area contributed by atoms with Crippen LogP contribution in [0.1, 0.15) is 22.0 Å². The molecule has 0 aliphatic rings. The quantitative estimate of drug-likeness (QED) is 0.519. The molecule has 0 aliphatic carbocycles. The number of Topliss-reactive ketones (excluding diaryl/α,β-unsaturated/α-hetero) is 1. The van der Waals surface area contributed by atoms with Crippen molar-refractivity contribution in [3.05, 3.63) is 96.1 Å². The third kappa shape index (κ3) is 3.06. The molecule has 0 saturated carbocycles. The van der Waals surface area contributed by atoms with Gasteiger partial charge in [-0.3, -0.25) is 4.79 Å². The van der Waals surface area contributed by atoms with Crippen LogP contribution in [0, 0.1) is 0 Å². The van der Waals surface area contributed by atoms with Crippen molar-refractivity contribution in [1.29, 1.82) is 0 Å². The summed E-state index contributed by atoms with van der Waals surface area (Å²) in [7, 11) is 0. The lowest BCUT2D eigenvalue weighted by Gasteiger charge is -2.17. The number of fused-ring (bicyclic) bond motifs is 1. The maximum Gasteiger partial charge on any atom is 0.187 e. The fourth-order valence-corrected chi connectivity index (χ4v) is 3.04. The zero-order chi connectivity index (χ0) is 17.1. The molecule has 4 heteroatoms. The van der Waals surface area contributed by atoms with Crippen LogP contribution in [0.25, 0.3) is 11.0 Å². The highest BCUT2D eigenvalue weighted by molar-refractivity contribution is 5.99. The fraction of sp³-hybridized carbons (Fsp3) is 0.0952. The number of para-hydroxylation sites is 1. The molecule has 3 aromatic carbocycles. The first-order chi connectivity index (χ1) is 12.3. The van der Waals surface area contributed by atoms with Gasteiger partial charge in [0.25, 0.3) is 0 Å². The molecule has 1 atom stereocenters. The van der Waals surface area contributed by atoms with Crippen molar-refractivity contribution in [3.8, 4) is 0 Å². The molecule has 4 aromatic rings. The van der Waals surface area contributed by atoms with Crippen molar-refractivity contribution >= 4 is 16.8 Å². The maximum atomic E-state index is 13.2. The molecule has 1 aromatic heterocycles. The number of carbonyl (C=O) groups excluding carboxylic acids is 1. The van der Waals surface area contributed by atoms with Gasteiger partial charge < -0.3 is 0 Å². The second-order valence-electron chi connectivity index (χ2n) is 5.96. The van der Waals surface area contributed by atoms with E-state index in [1.165, 1.54) is 0 Å². The Morgan fingerprint density at radius 2 is 1.48 bits per heavy atom. The highest BCUT2D eigenvalue weighted by Crippen LogP contribution is 2.23. The van der Waals surface area contributed by atoms with Gasteiger partial charge >= 0.3 is 0 Å². The highest BCUT2D eigenvalue weighted by Gasteiger charge is 2.25. The van der Waals surface area contributed by atoms with Crippen molar-refractivity contribution in [2.24, 2.45) is 0 Å². The molecule has 1 heterocycles. The smallest absolute Gasteiger partial charge is 0.187 e. The first-order valence-electron chi connectivity index (χ1n) is 8.26. The number of carbonyl (C=O) groups is 1. The van der Waals surface area contributed by atoms with Crippen molar-refractivity contribution in [2.45, 2.75) is 12.5 Å². The van der Waals surface area contributed by atoms with E-state index in [1.807, 2.05) is 84.9 Å². The molecule has 0 bridgehead atoms. The fourth-order valence-electron chi connectivity index (χ4n) is 3.04. The lowest BCUT2D eigenvalue weighted by atomic mass is 9.97. The molecule has 122 valence electrons. The van der Waals surface area contributed by atoms with Crippen LogP contribution in [-0.2, 0) is 6.42 Å². The number of rotatable bonds is 5. The molecular weight excluding hydrogens is 310 g/mol. The van der Waals surface area contributed by atoms with Crippen LogP contribution in [0.15, 0.2) is 84.9 Å². The maximum absolute atomic E-state index is 13.2. The molecule has 0 amide bonds. The predicted octanol–water partition coefficient (Wildman–Crippen LogP) is 4.10. The van der Waals surface area contributed by atoms with Crippen molar-refractivity contribution < 1.29 is 4.79 Å². The molecular formula is C21H17N3O. The summed E-state index contributed by atoms with van der Waals surface area (Å²) in [5.74, 6) is 0.0418. The van der Waals surface area contributed by atoms with Crippen LogP contribution in [0.4, 0.5) is 0 Å². The van der Waals surface area contributed by atoms with Gasteiger partial charge in [0.05, 0.1) is 5.52 Å². The summed E-state index contributed by atoms with van der Waals surface area (Å²) in [4.78, 5) is 13.2. The Hall–Kier alpha value is -3.27. The number of hydrogen-bond donors (Lipinski definition) is 0. The third-order valence-electron chi connectivity index (χ3n) is 4.31. The summed E-state index contributed by atoms with van der Waals surface area (Å²) in [6.07, 6.45) is 0.571. The van der Waals surface area contributed by atoms with E-state index in [0.29, 0.717) is 12.0 Å². The Kier molecular flexibility index (Phi) is 4.09. The molecule has 25 heavy (non-hydrogen) atoms. The molecule has 1 unspecified atom stereocenters. The standard InChI is InChI=1S/C21H17N3O/c25-21(17-11-5-2-6-12-17)20(15-16-9-3-1-4-10-16)24-19-14-8-7-13-18(19)22-23-24/h1-14,20H,15H2. The summed E-state index contributed by atoms with van der Waals surface area (Å²) < 4.78 is 1.75. The van der Waals surface area contributed by atoms with Crippen LogP contribution in [0.2, 0.25) is 0 Å². The molecule has 0 saturated heterocycles. The summed E-state index contributed by atoms with van der Waals surface area (Å²) in [5, 5.41) is 8.50. The first kappa shape index (κ1) is 15.3. The van der Waals surface area contributed by atoms with Crippen LogP contribution in [-0.4, -0.2) is 20.8 Å². The summed E-state index contributed by atoms with van der Waals surface area (Å²) in [5.41, 5.74) is 3.44. The average molecular weight is 327 g/mol. The normalized spacial score (nSPS) is 12.2. The van der Waals surface area contributed by atoms with E-state index >= 15 is 0 Å². The van der Waals surface area contributed by atoms with Gasteiger partial charge in [-0.25, -0.2) is 4.68 Å². The average Bonchev–Trinajstić information content (AvgIpc) is 3.11. The van der Waals surface area contributed by atoms with E-state index < -0.39 is 6.04 Å². The minimum absolute atomic E-state index is 0.0418. The third-order valence-corrected chi connectivity index (χ3v) is 4.31. The van der Waals surface area contributed by atoms with E-state index in [-0.39, 0.29) is 5.78 Å². The number of hydrogen-bond acceptors (Lipinski definition) is 3. The molecule has 4 rings (SSSR count). The summed E-state index contributed by atoms with van der Waals surface area (Å²) in [6, 6.07) is 26.7. The Morgan fingerprint density at radius 1 is 0.840 bits per heavy atom. The molecule has 0 N–H and O–H groups in total. The van der Waals surface area contributed by atoms with Crippen LogP contribution in [0.5, 0.6) is 0 Å². The van der Waals surface area contributed by atoms with E-state index in [0.717, 1.165) is 16.6 Å². The van der Waals surface area contributed by atoms with Crippen LogP contribution < -0.4 is 0 Å². The SMILES string of the molecule is O=C(c1ccccc1)C(Cc1ccccc1)n1nnc2ccccc21. The minimum Gasteiger partial charge on any atom is -0.292 e. The Balaban J connectivity index is 1.79.